The third-order valence-corrected chi connectivity index (χ3v) is 2.88. The van der Waals surface area contributed by atoms with Gasteiger partial charge in [0.2, 0.25) is 0 Å². The van der Waals surface area contributed by atoms with Crippen molar-refractivity contribution in [3.8, 4) is 5.75 Å². The van der Waals surface area contributed by atoms with Crippen LogP contribution >= 0.6 is 0 Å². The minimum absolute atomic E-state index is 0.121. The number of hydrogen-bond donors (Lipinski definition) is 0. The summed E-state index contributed by atoms with van der Waals surface area (Å²) in [7, 11) is 0. The Hall–Kier alpha value is -2.16. The van der Waals surface area contributed by atoms with Crippen LogP contribution in [-0.2, 0) is 0 Å². The molecule has 20 heavy (non-hydrogen) atoms. The molecule has 1 atom stereocenters. The lowest BCUT2D eigenvalue weighted by Crippen LogP contribution is -2.14. The van der Waals surface area contributed by atoms with Gasteiger partial charge in [0.25, 0.3) is 0 Å². The number of aliphatic imine (C=N–C) groups is 1. The molecule has 1 aromatic rings. The summed E-state index contributed by atoms with van der Waals surface area (Å²) in [4.78, 5) is 8.47. The summed E-state index contributed by atoms with van der Waals surface area (Å²) in [5.74, 6) is 1.74. The van der Waals surface area contributed by atoms with Gasteiger partial charge in [-0.05, 0) is 45.1 Å². The summed E-state index contributed by atoms with van der Waals surface area (Å²) in [5, 5.41) is 0. The van der Waals surface area contributed by atoms with Gasteiger partial charge in [-0.2, -0.15) is 0 Å². The molecule has 1 rings (SSSR count). The summed E-state index contributed by atoms with van der Waals surface area (Å²) < 4.78 is 5.85. The van der Waals surface area contributed by atoms with E-state index in [0.717, 1.165) is 17.2 Å². The molecule has 1 aromatic heterocycles. The lowest BCUT2D eigenvalue weighted by Gasteiger charge is -2.16. The third kappa shape index (κ3) is 5.22. The van der Waals surface area contributed by atoms with Gasteiger partial charge in [0, 0.05) is 18.1 Å². The molecule has 1 heterocycles. The monoisotopic (exact) mass is 270 g/mol. The molecule has 0 aliphatic carbocycles. The predicted molar refractivity (Wildman–Crippen MR) is 84.8 cm³/mol. The highest BCUT2D eigenvalue weighted by Crippen LogP contribution is 2.19. The molecule has 0 radical (unpaired) electrons. The fourth-order valence-corrected chi connectivity index (χ4v) is 1.58. The first-order valence-electron chi connectivity index (χ1n) is 6.75. The van der Waals surface area contributed by atoms with Crippen LogP contribution in [0.25, 0.3) is 0 Å². The second-order valence-corrected chi connectivity index (χ2v) is 4.34. The van der Waals surface area contributed by atoms with Gasteiger partial charge in [-0.1, -0.05) is 19.1 Å². The Kier molecular flexibility index (Phi) is 7.04. The van der Waals surface area contributed by atoms with Gasteiger partial charge >= 0.3 is 0 Å². The Balaban J connectivity index is 2.75. The van der Waals surface area contributed by atoms with Gasteiger partial charge in [0.15, 0.2) is 0 Å². The molecular formula is C17H22N2O. The number of allylic oxidation sites excluding steroid dienone is 5. The van der Waals surface area contributed by atoms with Crippen LogP contribution in [0.1, 0.15) is 27.7 Å². The van der Waals surface area contributed by atoms with E-state index in [9.17, 15) is 0 Å². The van der Waals surface area contributed by atoms with E-state index in [1.807, 2.05) is 57.2 Å². The second-order valence-electron chi connectivity index (χ2n) is 4.34. The zero-order chi connectivity index (χ0) is 14.8. The number of hydrogen-bond acceptors (Lipinski definition) is 3. The Morgan fingerprint density at radius 3 is 2.75 bits per heavy atom. The van der Waals surface area contributed by atoms with Crippen LogP contribution in [0.2, 0.25) is 0 Å². The van der Waals surface area contributed by atoms with Gasteiger partial charge in [0.05, 0.1) is 12.1 Å². The van der Waals surface area contributed by atoms with Crippen molar-refractivity contribution in [2.75, 3.05) is 0 Å². The summed E-state index contributed by atoms with van der Waals surface area (Å²) >= 11 is 0. The Bertz CT molecular complexity index is 513. The topological polar surface area (TPSA) is 34.5 Å². The summed E-state index contributed by atoms with van der Waals surface area (Å²) in [6.07, 6.45) is 13.0. The molecule has 3 heteroatoms. The highest BCUT2D eigenvalue weighted by atomic mass is 16.5. The maximum Gasteiger partial charge on any atom is 0.145 e. The van der Waals surface area contributed by atoms with E-state index >= 15 is 0 Å². The van der Waals surface area contributed by atoms with Crippen molar-refractivity contribution in [2.45, 2.75) is 27.7 Å². The smallest absolute Gasteiger partial charge is 0.145 e. The van der Waals surface area contributed by atoms with E-state index in [1.54, 1.807) is 18.6 Å². The van der Waals surface area contributed by atoms with Crippen LogP contribution in [-0.4, -0.2) is 10.7 Å². The third-order valence-electron chi connectivity index (χ3n) is 2.88. The number of pyridine rings is 1. The van der Waals surface area contributed by atoms with Crippen LogP contribution < -0.4 is 4.74 Å². The van der Waals surface area contributed by atoms with Crippen molar-refractivity contribution in [3.05, 3.63) is 60.8 Å². The molecule has 0 aromatic carbocycles. The number of aromatic nitrogens is 1. The highest BCUT2D eigenvalue weighted by molar-refractivity contribution is 5.86. The van der Waals surface area contributed by atoms with Gasteiger partial charge in [0.1, 0.15) is 11.5 Å². The average Bonchev–Trinajstić information content (AvgIpc) is 2.49. The normalized spacial score (nSPS) is 15.0. The zero-order valence-corrected chi connectivity index (χ0v) is 12.6. The molecule has 0 bridgehead atoms. The molecule has 0 aliphatic rings. The van der Waals surface area contributed by atoms with Crippen LogP contribution in [0.5, 0.6) is 5.75 Å². The van der Waals surface area contributed by atoms with Gasteiger partial charge in [-0.3, -0.25) is 9.98 Å². The molecule has 0 amide bonds. The molecule has 106 valence electrons. The fraction of sp³-hybridized carbons (Fsp3) is 0.294. The van der Waals surface area contributed by atoms with Gasteiger partial charge in [-0.25, -0.2) is 0 Å². The second kappa shape index (κ2) is 8.86. The Morgan fingerprint density at radius 2 is 2.15 bits per heavy atom. The number of ether oxygens (including phenoxy) is 1. The first-order valence-corrected chi connectivity index (χ1v) is 6.75. The minimum atomic E-state index is 0.121. The van der Waals surface area contributed by atoms with E-state index in [2.05, 4.69) is 16.9 Å². The van der Waals surface area contributed by atoms with Crippen molar-refractivity contribution >= 4 is 5.71 Å². The summed E-state index contributed by atoms with van der Waals surface area (Å²) in [6.45, 7) is 8.02. The number of nitrogens with zero attached hydrogens (tertiary/aromatic N) is 2. The summed E-state index contributed by atoms with van der Waals surface area (Å²) in [6, 6.07) is 3.75. The lowest BCUT2D eigenvalue weighted by atomic mass is 10.0. The van der Waals surface area contributed by atoms with E-state index in [4.69, 9.17) is 4.74 Å². The molecule has 0 N–H and O–H groups in total. The molecule has 0 aliphatic heterocycles. The molecule has 0 spiro atoms. The van der Waals surface area contributed by atoms with Gasteiger partial charge in [-0.15, -0.1) is 0 Å². The molecule has 0 saturated heterocycles. The lowest BCUT2D eigenvalue weighted by molar-refractivity contribution is 0.386. The predicted octanol–water partition coefficient (Wildman–Crippen LogP) is 4.55. The quantitative estimate of drug-likeness (QED) is 0.432. The highest BCUT2D eigenvalue weighted by Gasteiger charge is 2.13. The maximum atomic E-state index is 5.85. The standard InChI is InChI=1S/C17H22N2O/c1-5-7-8-12-19-15(4)14(3)17(6-2)20-16-10-9-11-18-13-16/h5-14H,1-4H3/b7-5-,12-8-,17-6+,19-15?. The summed E-state index contributed by atoms with van der Waals surface area (Å²) in [5.41, 5.74) is 1.00. The van der Waals surface area contributed by atoms with E-state index in [1.165, 1.54) is 0 Å². The number of rotatable bonds is 6. The van der Waals surface area contributed by atoms with Crippen molar-refractivity contribution in [3.63, 3.8) is 0 Å². The van der Waals surface area contributed by atoms with E-state index in [-0.39, 0.29) is 5.92 Å². The Labute approximate surface area is 121 Å². The first-order chi connectivity index (χ1) is 9.69. The van der Waals surface area contributed by atoms with Crippen molar-refractivity contribution in [1.82, 2.24) is 4.98 Å². The molecule has 3 nitrogen and oxygen atoms in total. The maximum absolute atomic E-state index is 5.85. The van der Waals surface area contributed by atoms with Crippen LogP contribution in [0.15, 0.2) is 65.8 Å². The van der Waals surface area contributed by atoms with E-state index < -0.39 is 0 Å². The van der Waals surface area contributed by atoms with Crippen molar-refractivity contribution in [1.29, 1.82) is 0 Å². The minimum Gasteiger partial charge on any atom is -0.460 e. The molecular weight excluding hydrogens is 248 g/mol. The SMILES string of the molecule is C/C=C\C=C/N=C(C)C(C)/C(=C\C)Oc1cccnc1. The van der Waals surface area contributed by atoms with Gasteiger partial charge < -0.3 is 4.74 Å². The first kappa shape index (κ1) is 15.9. The van der Waals surface area contributed by atoms with Crippen LogP contribution in [0, 0.1) is 5.92 Å². The largest absolute Gasteiger partial charge is 0.460 e. The van der Waals surface area contributed by atoms with Crippen molar-refractivity contribution < 1.29 is 4.74 Å². The van der Waals surface area contributed by atoms with Crippen molar-refractivity contribution in [2.24, 2.45) is 10.9 Å². The fourth-order valence-electron chi connectivity index (χ4n) is 1.58. The van der Waals surface area contributed by atoms with Crippen LogP contribution in [0.4, 0.5) is 0 Å². The van der Waals surface area contributed by atoms with E-state index in [0.29, 0.717) is 0 Å². The molecule has 1 unspecified atom stereocenters. The van der Waals surface area contributed by atoms with Crippen LogP contribution in [0.3, 0.4) is 0 Å². The zero-order valence-electron chi connectivity index (χ0n) is 12.6. The average molecular weight is 270 g/mol. The Morgan fingerprint density at radius 1 is 1.35 bits per heavy atom. The molecule has 0 fully saturated rings. The molecule has 0 saturated carbocycles.